The standard InChI is InChI=1S/C11H9ClF3N3S/c1-18-6-16-17-10(18)5-19-7-2-3-9(12)8(4-7)11(13,14)15/h2-4,6H,5H2,1H3. The number of halogens is 4. The number of thioether (sulfide) groups is 1. The number of benzene rings is 1. The lowest BCUT2D eigenvalue weighted by Gasteiger charge is -2.10. The fourth-order valence-electron chi connectivity index (χ4n) is 1.40. The summed E-state index contributed by atoms with van der Waals surface area (Å²) in [4.78, 5) is 0.486. The van der Waals surface area contributed by atoms with E-state index in [9.17, 15) is 13.2 Å². The van der Waals surface area contributed by atoms with E-state index in [0.717, 1.165) is 6.07 Å². The molecule has 0 N–H and O–H groups in total. The fourth-order valence-corrected chi connectivity index (χ4v) is 2.54. The molecule has 0 atom stereocenters. The summed E-state index contributed by atoms with van der Waals surface area (Å²) >= 11 is 6.80. The summed E-state index contributed by atoms with van der Waals surface area (Å²) in [6.45, 7) is 0. The monoisotopic (exact) mass is 307 g/mol. The molecule has 0 saturated heterocycles. The fraction of sp³-hybridized carbons (Fsp3) is 0.273. The second-order valence-corrected chi connectivity index (χ2v) is 5.24. The van der Waals surface area contributed by atoms with Gasteiger partial charge in [0.2, 0.25) is 0 Å². The van der Waals surface area contributed by atoms with Gasteiger partial charge in [-0.2, -0.15) is 13.2 Å². The van der Waals surface area contributed by atoms with Gasteiger partial charge in [-0.1, -0.05) is 11.6 Å². The van der Waals surface area contributed by atoms with Crippen molar-refractivity contribution < 1.29 is 13.2 Å². The Morgan fingerprint density at radius 1 is 1.37 bits per heavy atom. The van der Waals surface area contributed by atoms with E-state index in [1.54, 1.807) is 24.0 Å². The second kappa shape index (κ2) is 5.42. The molecular weight excluding hydrogens is 299 g/mol. The maximum absolute atomic E-state index is 12.7. The van der Waals surface area contributed by atoms with E-state index in [-0.39, 0.29) is 5.02 Å². The van der Waals surface area contributed by atoms with Crippen LogP contribution >= 0.6 is 23.4 Å². The summed E-state index contributed by atoms with van der Waals surface area (Å²) < 4.78 is 39.8. The van der Waals surface area contributed by atoms with Crippen LogP contribution in [0.5, 0.6) is 0 Å². The van der Waals surface area contributed by atoms with Gasteiger partial charge in [-0.15, -0.1) is 22.0 Å². The molecule has 0 fully saturated rings. The van der Waals surface area contributed by atoms with Gasteiger partial charge in [0.15, 0.2) is 0 Å². The van der Waals surface area contributed by atoms with E-state index >= 15 is 0 Å². The average Bonchev–Trinajstić information content (AvgIpc) is 2.72. The number of aromatic nitrogens is 3. The lowest BCUT2D eigenvalue weighted by Crippen LogP contribution is -2.05. The number of nitrogens with zero attached hydrogens (tertiary/aromatic N) is 3. The number of hydrogen-bond acceptors (Lipinski definition) is 3. The third-order valence-corrected chi connectivity index (χ3v) is 3.74. The minimum atomic E-state index is -4.45. The van der Waals surface area contributed by atoms with Crippen LogP contribution in [0.25, 0.3) is 0 Å². The first-order valence-electron chi connectivity index (χ1n) is 5.20. The largest absolute Gasteiger partial charge is 0.417 e. The van der Waals surface area contributed by atoms with Crippen LogP contribution in [-0.4, -0.2) is 14.8 Å². The predicted octanol–water partition coefficient (Wildman–Crippen LogP) is 3.78. The van der Waals surface area contributed by atoms with Crippen LogP contribution in [0.1, 0.15) is 11.4 Å². The Labute approximate surface area is 116 Å². The molecule has 1 aromatic carbocycles. The van der Waals surface area contributed by atoms with Crippen molar-refractivity contribution >= 4 is 23.4 Å². The van der Waals surface area contributed by atoms with Crippen molar-refractivity contribution in [3.8, 4) is 0 Å². The number of rotatable bonds is 3. The Hall–Kier alpha value is -1.21. The molecule has 0 unspecified atom stereocenters. The van der Waals surface area contributed by atoms with Crippen LogP contribution < -0.4 is 0 Å². The molecule has 0 bridgehead atoms. The summed E-state index contributed by atoms with van der Waals surface area (Å²) in [6.07, 6.45) is -2.91. The Morgan fingerprint density at radius 3 is 2.68 bits per heavy atom. The van der Waals surface area contributed by atoms with Crippen LogP contribution in [0.4, 0.5) is 13.2 Å². The minimum Gasteiger partial charge on any atom is -0.320 e. The summed E-state index contributed by atoms with van der Waals surface area (Å²) in [5, 5.41) is 7.27. The first kappa shape index (κ1) is 14.2. The van der Waals surface area contributed by atoms with Crippen molar-refractivity contribution in [2.75, 3.05) is 0 Å². The zero-order valence-electron chi connectivity index (χ0n) is 9.78. The minimum absolute atomic E-state index is 0.296. The lowest BCUT2D eigenvalue weighted by atomic mass is 10.2. The molecule has 102 valence electrons. The van der Waals surface area contributed by atoms with Gasteiger partial charge in [-0.05, 0) is 18.2 Å². The molecule has 1 aromatic heterocycles. The average molecular weight is 308 g/mol. The molecule has 0 saturated carbocycles. The van der Waals surface area contributed by atoms with Crippen LogP contribution in [0.15, 0.2) is 29.4 Å². The number of alkyl halides is 3. The number of hydrogen-bond donors (Lipinski definition) is 0. The van der Waals surface area contributed by atoms with Crippen molar-refractivity contribution in [2.45, 2.75) is 16.8 Å². The van der Waals surface area contributed by atoms with Crippen molar-refractivity contribution in [1.82, 2.24) is 14.8 Å². The number of aryl methyl sites for hydroxylation is 1. The third-order valence-electron chi connectivity index (χ3n) is 2.42. The third kappa shape index (κ3) is 3.42. The SMILES string of the molecule is Cn1cnnc1CSc1ccc(Cl)c(C(F)(F)F)c1. The Balaban J connectivity index is 2.16. The highest BCUT2D eigenvalue weighted by Crippen LogP contribution is 2.37. The maximum Gasteiger partial charge on any atom is 0.417 e. The van der Waals surface area contributed by atoms with Gasteiger partial charge >= 0.3 is 6.18 Å². The van der Waals surface area contributed by atoms with Gasteiger partial charge in [0.25, 0.3) is 0 Å². The van der Waals surface area contributed by atoms with Gasteiger partial charge in [-0.25, -0.2) is 0 Å². The zero-order chi connectivity index (χ0) is 14.0. The van der Waals surface area contributed by atoms with Crippen molar-refractivity contribution in [2.24, 2.45) is 7.05 Å². The maximum atomic E-state index is 12.7. The smallest absolute Gasteiger partial charge is 0.320 e. The lowest BCUT2D eigenvalue weighted by molar-refractivity contribution is -0.137. The molecule has 0 aliphatic carbocycles. The van der Waals surface area contributed by atoms with Crippen molar-refractivity contribution in [3.05, 3.63) is 40.9 Å². The van der Waals surface area contributed by atoms with Crippen LogP contribution in [0, 0.1) is 0 Å². The van der Waals surface area contributed by atoms with Gasteiger partial charge in [0, 0.05) is 11.9 Å². The molecule has 1 heterocycles. The molecular formula is C11H9ClF3N3S. The van der Waals surface area contributed by atoms with Crippen LogP contribution in [0.2, 0.25) is 5.02 Å². The first-order chi connectivity index (χ1) is 8.88. The molecule has 8 heteroatoms. The van der Waals surface area contributed by atoms with E-state index < -0.39 is 11.7 Å². The Bertz CT molecular complexity index is 583. The first-order valence-corrected chi connectivity index (χ1v) is 6.56. The highest BCUT2D eigenvalue weighted by molar-refractivity contribution is 7.98. The summed E-state index contributed by atoms with van der Waals surface area (Å²) in [7, 11) is 1.78. The van der Waals surface area contributed by atoms with E-state index in [1.165, 1.54) is 17.8 Å². The molecule has 0 spiro atoms. The summed E-state index contributed by atoms with van der Waals surface area (Å²) in [5.41, 5.74) is -0.822. The van der Waals surface area contributed by atoms with Gasteiger partial charge in [0.05, 0.1) is 16.3 Å². The Kier molecular flexibility index (Phi) is 4.05. The molecule has 0 radical (unpaired) electrons. The van der Waals surface area contributed by atoms with E-state index in [0.29, 0.717) is 16.5 Å². The van der Waals surface area contributed by atoms with Gasteiger partial charge in [0.1, 0.15) is 12.2 Å². The second-order valence-electron chi connectivity index (χ2n) is 3.79. The molecule has 2 rings (SSSR count). The van der Waals surface area contributed by atoms with Crippen LogP contribution in [-0.2, 0) is 19.0 Å². The van der Waals surface area contributed by atoms with E-state index in [2.05, 4.69) is 10.2 Å². The van der Waals surface area contributed by atoms with Gasteiger partial charge in [-0.3, -0.25) is 0 Å². The molecule has 3 nitrogen and oxygen atoms in total. The van der Waals surface area contributed by atoms with E-state index in [4.69, 9.17) is 11.6 Å². The molecule has 19 heavy (non-hydrogen) atoms. The predicted molar refractivity (Wildman–Crippen MR) is 67.0 cm³/mol. The molecule has 0 amide bonds. The van der Waals surface area contributed by atoms with Crippen molar-refractivity contribution in [3.63, 3.8) is 0 Å². The molecule has 2 aromatic rings. The van der Waals surface area contributed by atoms with E-state index in [1.807, 2.05) is 0 Å². The topological polar surface area (TPSA) is 30.7 Å². The quantitative estimate of drug-likeness (QED) is 0.809. The normalized spacial score (nSPS) is 11.8. The highest BCUT2D eigenvalue weighted by Gasteiger charge is 2.33. The zero-order valence-corrected chi connectivity index (χ0v) is 11.4. The van der Waals surface area contributed by atoms with Crippen LogP contribution in [0.3, 0.4) is 0 Å². The van der Waals surface area contributed by atoms with Gasteiger partial charge < -0.3 is 4.57 Å². The van der Waals surface area contributed by atoms with Crippen molar-refractivity contribution in [1.29, 1.82) is 0 Å². The Morgan fingerprint density at radius 2 is 2.11 bits per heavy atom. The molecule has 0 aliphatic rings. The highest BCUT2D eigenvalue weighted by atomic mass is 35.5. The summed E-state index contributed by atoms with van der Waals surface area (Å²) in [6, 6.07) is 3.85. The summed E-state index contributed by atoms with van der Waals surface area (Å²) in [5.74, 6) is 1.13. The molecule has 0 aliphatic heterocycles.